The molecule has 0 aliphatic carbocycles. The minimum absolute atomic E-state index is 0.0439. The van der Waals surface area contributed by atoms with Gasteiger partial charge < -0.3 is 11.1 Å². The van der Waals surface area contributed by atoms with Crippen LogP contribution in [0.3, 0.4) is 0 Å². The van der Waals surface area contributed by atoms with Gasteiger partial charge in [0.15, 0.2) is 0 Å². The summed E-state index contributed by atoms with van der Waals surface area (Å²) in [6, 6.07) is 0. The van der Waals surface area contributed by atoms with Gasteiger partial charge in [0.05, 0.1) is 11.9 Å². The molecule has 5 nitrogen and oxygen atoms in total. The lowest BCUT2D eigenvalue weighted by Crippen LogP contribution is -2.27. The highest BCUT2D eigenvalue weighted by molar-refractivity contribution is 5.88. The van der Waals surface area contributed by atoms with Crippen LogP contribution in [0.1, 0.15) is 21.9 Å². The molecule has 1 aromatic rings. The third-order valence-corrected chi connectivity index (χ3v) is 1.95. The van der Waals surface area contributed by atoms with Gasteiger partial charge in [-0.2, -0.15) is 0 Å². The number of hydrogen-bond acceptors (Lipinski definition) is 4. The van der Waals surface area contributed by atoms with Gasteiger partial charge in [0.1, 0.15) is 0 Å². The number of carbonyl (C=O) groups excluding carboxylic acids is 1. The Hall–Kier alpha value is -1.49. The standard InChI is InChI=1S/C8H9N4O/c9-7(13)8-11-3-5-1-2-10-4-6(5)12-8/h10H,1-2,4H2,(H2,9,13). The molecule has 0 fully saturated rings. The predicted octanol–water partition coefficient (Wildman–Crippen LogP) is -0.979. The highest BCUT2D eigenvalue weighted by atomic mass is 16.1. The van der Waals surface area contributed by atoms with Gasteiger partial charge in [-0.3, -0.25) is 4.79 Å². The van der Waals surface area contributed by atoms with E-state index in [1.807, 2.05) is 0 Å². The molecule has 13 heavy (non-hydrogen) atoms. The van der Waals surface area contributed by atoms with E-state index in [2.05, 4.69) is 21.5 Å². The zero-order valence-electron chi connectivity index (χ0n) is 7.00. The third kappa shape index (κ3) is 1.50. The fourth-order valence-electron chi connectivity index (χ4n) is 1.28. The largest absolute Gasteiger partial charge is 0.363 e. The van der Waals surface area contributed by atoms with E-state index in [9.17, 15) is 4.79 Å². The first kappa shape index (κ1) is 8.12. The Labute approximate surface area is 75.4 Å². The Kier molecular flexibility index (Phi) is 1.94. The normalized spacial score (nSPS) is 15.1. The van der Waals surface area contributed by atoms with Crippen molar-refractivity contribution in [3.8, 4) is 0 Å². The Morgan fingerprint density at radius 1 is 1.62 bits per heavy atom. The van der Waals surface area contributed by atoms with Crippen molar-refractivity contribution in [3.05, 3.63) is 23.3 Å². The summed E-state index contributed by atoms with van der Waals surface area (Å²) in [7, 11) is 0. The molecule has 0 spiro atoms. The van der Waals surface area contributed by atoms with Crippen molar-refractivity contribution in [1.82, 2.24) is 15.3 Å². The molecule has 1 aromatic heterocycles. The molecule has 1 aliphatic rings. The summed E-state index contributed by atoms with van der Waals surface area (Å²) in [5.41, 5.74) is 6.85. The van der Waals surface area contributed by atoms with Crippen molar-refractivity contribution in [1.29, 1.82) is 0 Å². The maximum Gasteiger partial charge on any atom is 0.286 e. The summed E-state index contributed by atoms with van der Waals surface area (Å²) in [6.07, 6.45) is 3.64. The topological polar surface area (TPSA) is 80.9 Å². The highest BCUT2D eigenvalue weighted by Crippen LogP contribution is 2.08. The lowest BCUT2D eigenvalue weighted by atomic mass is 10.1. The maximum absolute atomic E-state index is 10.7. The number of amides is 1. The zero-order valence-corrected chi connectivity index (χ0v) is 7.00. The van der Waals surface area contributed by atoms with Crippen LogP contribution < -0.4 is 11.1 Å². The lowest BCUT2D eigenvalue weighted by Gasteiger charge is -2.14. The van der Waals surface area contributed by atoms with Crippen molar-refractivity contribution in [2.24, 2.45) is 5.73 Å². The van der Waals surface area contributed by atoms with Gasteiger partial charge in [-0.15, -0.1) is 0 Å². The molecule has 3 N–H and O–H groups in total. The van der Waals surface area contributed by atoms with Crippen molar-refractivity contribution in [3.63, 3.8) is 0 Å². The van der Waals surface area contributed by atoms with E-state index in [4.69, 9.17) is 5.73 Å². The minimum Gasteiger partial charge on any atom is -0.363 e. The quantitative estimate of drug-likeness (QED) is 0.577. The number of primary amides is 1. The number of nitrogens with two attached hydrogens (primary N) is 1. The predicted molar refractivity (Wildman–Crippen MR) is 44.8 cm³/mol. The number of fused-ring (bicyclic) bond motifs is 1. The Morgan fingerprint density at radius 2 is 2.46 bits per heavy atom. The number of rotatable bonds is 1. The van der Waals surface area contributed by atoms with Crippen molar-refractivity contribution < 1.29 is 4.79 Å². The van der Waals surface area contributed by atoms with Crippen molar-refractivity contribution >= 4 is 5.91 Å². The maximum atomic E-state index is 10.7. The van der Waals surface area contributed by atoms with Gasteiger partial charge in [0, 0.05) is 12.1 Å². The van der Waals surface area contributed by atoms with E-state index >= 15 is 0 Å². The molecule has 0 aromatic carbocycles. The fraction of sp³-hybridized carbons (Fsp3) is 0.375. The van der Waals surface area contributed by atoms with Gasteiger partial charge in [-0.25, -0.2) is 9.97 Å². The monoisotopic (exact) mass is 177 g/mol. The Morgan fingerprint density at radius 3 is 3.23 bits per heavy atom. The van der Waals surface area contributed by atoms with Crippen LogP contribution in [0.5, 0.6) is 0 Å². The average Bonchev–Trinajstić information content (AvgIpc) is 2.17. The van der Waals surface area contributed by atoms with Gasteiger partial charge in [-0.05, 0) is 13.0 Å². The first-order chi connectivity index (χ1) is 6.27. The number of hydrogen-bond donors (Lipinski definition) is 2. The molecule has 67 valence electrons. The number of nitrogens with one attached hydrogen (secondary N) is 1. The number of aromatic nitrogens is 2. The van der Waals surface area contributed by atoms with Crippen LogP contribution in [0.4, 0.5) is 0 Å². The molecule has 0 saturated carbocycles. The van der Waals surface area contributed by atoms with E-state index in [-0.39, 0.29) is 5.82 Å². The van der Waals surface area contributed by atoms with E-state index in [0.29, 0.717) is 6.54 Å². The van der Waals surface area contributed by atoms with Crippen LogP contribution in [-0.4, -0.2) is 22.4 Å². The summed E-state index contributed by atoms with van der Waals surface area (Å²) in [5, 5.41) is 3.14. The van der Waals surface area contributed by atoms with Crippen LogP contribution in [0.15, 0.2) is 0 Å². The molecule has 0 unspecified atom stereocenters. The molecule has 0 saturated heterocycles. The Bertz CT molecular complexity index is 350. The van der Waals surface area contributed by atoms with E-state index in [0.717, 1.165) is 24.2 Å². The summed E-state index contributed by atoms with van der Waals surface area (Å²) in [4.78, 5) is 18.5. The highest BCUT2D eigenvalue weighted by Gasteiger charge is 2.13. The lowest BCUT2D eigenvalue weighted by molar-refractivity contribution is 0.0990. The van der Waals surface area contributed by atoms with Crippen LogP contribution in [0.2, 0.25) is 0 Å². The second-order valence-electron chi connectivity index (χ2n) is 2.88. The third-order valence-electron chi connectivity index (χ3n) is 1.95. The summed E-state index contributed by atoms with van der Waals surface area (Å²) in [5.74, 6) is -0.563. The fourth-order valence-corrected chi connectivity index (χ4v) is 1.28. The summed E-state index contributed by atoms with van der Waals surface area (Å²) in [6.45, 7) is 1.57. The first-order valence-corrected chi connectivity index (χ1v) is 4.05. The number of carbonyl (C=O) groups is 1. The molecular weight excluding hydrogens is 168 g/mol. The van der Waals surface area contributed by atoms with Gasteiger partial charge in [-0.1, -0.05) is 0 Å². The zero-order chi connectivity index (χ0) is 9.26. The summed E-state index contributed by atoms with van der Waals surface area (Å²) < 4.78 is 0. The number of nitrogens with zero attached hydrogens (tertiary/aromatic N) is 2. The minimum atomic E-state index is -0.607. The van der Waals surface area contributed by atoms with Crippen molar-refractivity contribution in [2.45, 2.75) is 13.0 Å². The molecule has 2 rings (SSSR count). The molecule has 1 radical (unpaired) electrons. The van der Waals surface area contributed by atoms with Gasteiger partial charge in [0.25, 0.3) is 5.91 Å². The summed E-state index contributed by atoms with van der Waals surface area (Å²) >= 11 is 0. The van der Waals surface area contributed by atoms with Crippen LogP contribution in [-0.2, 0) is 13.0 Å². The molecule has 5 heteroatoms. The molecule has 2 heterocycles. The molecule has 0 atom stereocenters. The second-order valence-corrected chi connectivity index (χ2v) is 2.88. The molecule has 1 aliphatic heterocycles. The molecular formula is C8H9N4O. The molecule has 1 amide bonds. The second kappa shape index (κ2) is 3.10. The van der Waals surface area contributed by atoms with Crippen LogP contribution >= 0.6 is 0 Å². The van der Waals surface area contributed by atoms with Crippen molar-refractivity contribution in [2.75, 3.05) is 6.54 Å². The van der Waals surface area contributed by atoms with E-state index < -0.39 is 5.91 Å². The van der Waals surface area contributed by atoms with Gasteiger partial charge in [0.2, 0.25) is 5.82 Å². The Balaban J connectivity index is 2.40. The first-order valence-electron chi connectivity index (χ1n) is 4.05. The van der Waals surface area contributed by atoms with Gasteiger partial charge >= 0.3 is 0 Å². The van der Waals surface area contributed by atoms with E-state index in [1.165, 1.54) is 0 Å². The smallest absolute Gasteiger partial charge is 0.286 e. The average molecular weight is 177 g/mol. The van der Waals surface area contributed by atoms with E-state index in [1.54, 1.807) is 0 Å². The van der Waals surface area contributed by atoms with Crippen LogP contribution in [0, 0.1) is 6.20 Å². The van der Waals surface area contributed by atoms with Crippen LogP contribution in [0.25, 0.3) is 0 Å². The SMILES string of the molecule is NC(=O)c1n[c]c2c(n1)CNCC2. The molecule has 0 bridgehead atoms.